The van der Waals surface area contributed by atoms with E-state index in [4.69, 9.17) is 20.3 Å². The van der Waals surface area contributed by atoms with E-state index in [2.05, 4.69) is 9.97 Å². The maximum atomic E-state index is 15.5. The summed E-state index contributed by atoms with van der Waals surface area (Å²) in [4.78, 5) is 23.4. The Morgan fingerprint density at radius 2 is 2.00 bits per heavy atom. The van der Waals surface area contributed by atoms with E-state index < -0.39 is 34.7 Å². The van der Waals surface area contributed by atoms with Gasteiger partial charge in [0.25, 0.3) is 5.91 Å². The third kappa shape index (κ3) is 6.07. The van der Waals surface area contributed by atoms with Crippen LogP contribution in [0.4, 0.5) is 19.0 Å². The number of piperidine rings is 1. The molecule has 1 aliphatic rings. The molecular formula is C31H30F3N7O3. The predicted molar refractivity (Wildman–Crippen MR) is 156 cm³/mol. The molecule has 1 atom stereocenters. The van der Waals surface area contributed by atoms with E-state index >= 15 is 4.39 Å². The summed E-state index contributed by atoms with van der Waals surface area (Å²) in [5.41, 5.74) is 5.96. The number of rotatable bonds is 8. The number of carbonyl (C=O) groups is 1. The van der Waals surface area contributed by atoms with Gasteiger partial charge in [-0.05, 0) is 64.0 Å². The van der Waals surface area contributed by atoms with E-state index in [1.54, 1.807) is 23.4 Å². The number of hydrogen-bond acceptors (Lipinski definition) is 8. The molecule has 2 aromatic heterocycles. The van der Waals surface area contributed by atoms with E-state index in [-0.39, 0.29) is 41.0 Å². The highest BCUT2D eigenvalue weighted by Gasteiger charge is 2.31. The van der Waals surface area contributed by atoms with Crippen LogP contribution in [0.5, 0.6) is 11.5 Å². The van der Waals surface area contributed by atoms with Gasteiger partial charge in [-0.2, -0.15) is 14.8 Å². The molecule has 2 N–H and O–H groups in total. The lowest BCUT2D eigenvalue weighted by Gasteiger charge is -2.33. The highest BCUT2D eigenvalue weighted by molar-refractivity contribution is 5.99. The Balaban J connectivity index is 1.47. The van der Waals surface area contributed by atoms with Gasteiger partial charge in [-0.15, -0.1) is 0 Å². The number of nitrogens with two attached hydrogens (primary N) is 1. The number of aromatic nitrogens is 4. The van der Waals surface area contributed by atoms with Crippen molar-refractivity contribution in [2.24, 2.45) is 0 Å². The smallest absolute Gasteiger partial charge is 0.264 e. The maximum absolute atomic E-state index is 15.5. The van der Waals surface area contributed by atoms with Gasteiger partial charge in [0.2, 0.25) is 5.82 Å². The lowest BCUT2D eigenvalue weighted by atomic mass is 10.0. The molecule has 0 bridgehead atoms. The molecule has 0 spiro atoms. The number of nitrogens with zero attached hydrogens (tertiary/aromatic N) is 6. The normalized spacial score (nSPS) is 15.8. The fraction of sp³-hybridized carbons (Fsp3) is 0.323. The number of ether oxygens (including phenoxy) is 2. The van der Waals surface area contributed by atoms with E-state index in [1.807, 2.05) is 13.0 Å². The van der Waals surface area contributed by atoms with Gasteiger partial charge in [0.15, 0.2) is 17.2 Å². The average Bonchev–Trinajstić information content (AvgIpc) is 3.39. The molecule has 0 aliphatic carbocycles. The van der Waals surface area contributed by atoms with Gasteiger partial charge < -0.3 is 20.1 Å². The summed E-state index contributed by atoms with van der Waals surface area (Å²) in [5, 5.41) is 14.8. The first-order chi connectivity index (χ1) is 21.0. The van der Waals surface area contributed by atoms with Crippen molar-refractivity contribution in [1.29, 1.82) is 5.26 Å². The van der Waals surface area contributed by atoms with Gasteiger partial charge in [0.05, 0.1) is 17.0 Å². The Labute approximate surface area is 251 Å². The molecule has 10 nitrogen and oxygen atoms in total. The van der Waals surface area contributed by atoms with E-state index in [0.29, 0.717) is 37.0 Å². The molecule has 1 aliphatic heterocycles. The zero-order valence-electron chi connectivity index (χ0n) is 24.4. The second kappa shape index (κ2) is 12.3. The molecule has 228 valence electrons. The number of hydrogen-bond donors (Lipinski definition) is 1. The number of nitriles is 1. The maximum Gasteiger partial charge on any atom is 0.264 e. The molecule has 5 rings (SSSR count). The lowest BCUT2D eigenvalue weighted by Crippen LogP contribution is -2.42. The fourth-order valence-electron chi connectivity index (χ4n) is 5.29. The number of nitrogen functional groups attached to an aromatic ring is 1. The minimum absolute atomic E-state index is 0.0239. The quantitative estimate of drug-likeness (QED) is 0.199. The number of amides is 1. The van der Waals surface area contributed by atoms with Crippen LogP contribution < -0.4 is 10.5 Å². The van der Waals surface area contributed by atoms with Crippen molar-refractivity contribution in [2.45, 2.75) is 45.3 Å². The predicted octanol–water partition coefficient (Wildman–Crippen LogP) is 5.71. The van der Waals surface area contributed by atoms with Gasteiger partial charge in [-0.1, -0.05) is 6.07 Å². The van der Waals surface area contributed by atoms with Gasteiger partial charge in [-0.25, -0.2) is 23.4 Å². The summed E-state index contributed by atoms with van der Waals surface area (Å²) >= 11 is 0. The van der Waals surface area contributed by atoms with Crippen molar-refractivity contribution in [2.75, 3.05) is 25.4 Å². The zero-order valence-corrected chi connectivity index (χ0v) is 24.4. The van der Waals surface area contributed by atoms with Crippen molar-refractivity contribution < 1.29 is 27.4 Å². The summed E-state index contributed by atoms with van der Waals surface area (Å²) in [6.45, 7) is 6.47. The van der Waals surface area contributed by atoms with E-state index in [9.17, 15) is 18.8 Å². The van der Waals surface area contributed by atoms with Crippen LogP contribution in [0.3, 0.4) is 0 Å². The van der Waals surface area contributed by atoms with E-state index in [1.165, 1.54) is 36.7 Å². The second-order valence-electron chi connectivity index (χ2n) is 10.8. The Kier molecular flexibility index (Phi) is 8.55. The monoisotopic (exact) mass is 605 g/mol. The lowest BCUT2D eigenvalue weighted by molar-refractivity contribution is -0.128. The van der Waals surface area contributed by atoms with E-state index in [0.717, 1.165) is 12.1 Å². The molecule has 1 saturated heterocycles. The average molecular weight is 606 g/mol. The summed E-state index contributed by atoms with van der Waals surface area (Å²) in [6, 6.07) is 8.91. The number of benzene rings is 2. The van der Waals surface area contributed by atoms with Crippen LogP contribution in [0.25, 0.3) is 22.3 Å². The topological polar surface area (TPSA) is 132 Å². The van der Waals surface area contributed by atoms with Crippen molar-refractivity contribution in [3.05, 3.63) is 71.8 Å². The first-order valence-corrected chi connectivity index (χ1v) is 14.0. The minimum Gasteiger partial charge on any atom is -0.454 e. The fourth-order valence-corrected chi connectivity index (χ4v) is 5.29. The second-order valence-corrected chi connectivity index (χ2v) is 10.8. The van der Waals surface area contributed by atoms with Gasteiger partial charge in [0.1, 0.15) is 41.0 Å². The Bertz CT molecular complexity index is 1800. The van der Waals surface area contributed by atoms with Crippen LogP contribution >= 0.6 is 0 Å². The Hall–Kier alpha value is -4.96. The third-order valence-electron chi connectivity index (χ3n) is 7.25. The number of fused-ring (bicyclic) bond motifs is 1. The first kappa shape index (κ1) is 30.5. The summed E-state index contributed by atoms with van der Waals surface area (Å²) in [5.74, 6) is -3.83. The highest BCUT2D eigenvalue weighted by atomic mass is 19.2. The highest BCUT2D eigenvalue weighted by Crippen LogP contribution is 2.37. The van der Waals surface area contributed by atoms with Crippen LogP contribution in [0, 0.1) is 28.8 Å². The molecule has 4 aromatic rings. The molecule has 1 fully saturated rings. The molecule has 1 amide bonds. The summed E-state index contributed by atoms with van der Waals surface area (Å²) in [7, 11) is 0. The zero-order chi connectivity index (χ0) is 31.6. The molecule has 3 heterocycles. The Morgan fingerprint density at radius 3 is 2.73 bits per heavy atom. The Morgan fingerprint density at radius 1 is 1.20 bits per heavy atom. The summed E-state index contributed by atoms with van der Waals surface area (Å²) in [6.07, 6.45) is 4.06. The van der Waals surface area contributed by atoms with Gasteiger partial charge in [-0.3, -0.25) is 4.79 Å². The number of halogens is 3. The van der Waals surface area contributed by atoms with Crippen molar-refractivity contribution in [1.82, 2.24) is 24.6 Å². The van der Waals surface area contributed by atoms with Crippen LogP contribution in [0.2, 0.25) is 0 Å². The van der Waals surface area contributed by atoms with Crippen LogP contribution in [-0.4, -0.2) is 55.9 Å². The van der Waals surface area contributed by atoms with Crippen molar-refractivity contribution >= 4 is 22.8 Å². The van der Waals surface area contributed by atoms with Crippen molar-refractivity contribution in [3.63, 3.8) is 0 Å². The van der Waals surface area contributed by atoms with Crippen LogP contribution in [0.1, 0.15) is 39.7 Å². The third-order valence-corrected chi connectivity index (χ3v) is 7.25. The molecule has 2 aromatic carbocycles. The number of likely N-dealkylation sites (tertiary alicyclic amines) is 1. The molecule has 0 radical (unpaired) electrons. The van der Waals surface area contributed by atoms with Crippen molar-refractivity contribution in [3.8, 4) is 28.8 Å². The standard InChI is InChI=1S/C31H30F3N7O3/c1-4-43-31(2,3)14-18(15-35)30(42)40-12-6-7-19(16-40)41-29-25(28(36)37-17-38-29)27(39-41)21-11-10-20(13-23(21)33)44-24-9-5-8-22(32)26(24)34/h5,8-11,13-14,17,19H,4,6-7,12,16H2,1-3H3,(H2,36,37,38)/t19-/m0/s1. The number of anilines is 1. The molecule has 0 saturated carbocycles. The SMILES string of the molecule is CCOC(C)(C)C=C(C#N)C(=O)N1CCC[C@H](n2nc(-c3ccc(Oc4cccc(F)c4F)cc3F)c3c(N)ncnc32)C1. The largest absolute Gasteiger partial charge is 0.454 e. The first-order valence-electron chi connectivity index (χ1n) is 14.0. The number of carbonyl (C=O) groups excluding carboxylic acids is 1. The molecule has 13 heteroatoms. The van der Waals surface area contributed by atoms with Gasteiger partial charge >= 0.3 is 0 Å². The molecule has 44 heavy (non-hydrogen) atoms. The molecule has 0 unspecified atom stereocenters. The van der Waals surface area contributed by atoms with Crippen LogP contribution in [0.15, 0.2) is 54.4 Å². The molecular weight excluding hydrogens is 575 g/mol. The van der Waals surface area contributed by atoms with Gasteiger partial charge in [0, 0.05) is 31.3 Å². The summed E-state index contributed by atoms with van der Waals surface area (Å²) < 4.78 is 55.9. The minimum atomic E-state index is -1.19. The van der Waals surface area contributed by atoms with Crippen LogP contribution in [-0.2, 0) is 9.53 Å².